The van der Waals surface area contributed by atoms with Gasteiger partial charge in [-0.15, -0.1) is 0 Å². The first-order chi connectivity index (χ1) is 7.25. The summed E-state index contributed by atoms with van der Waals surface area (Å²) in [6, 6.07) is 2.51. The second kappa shape index (κ2) is 3.96. The number of hydrogen-bond acceptors (Lipinski definition) is 3. The van der Waals surface area contributed by atoms with Crippen molar-refractivity contribution in [3.63, 3.8) is 0 Å². The van der Waals surface area contributed by atoms with Crippen molar-refractivity contribution in [3.05, 3.63) is 29.3 Å². The highest BCUT2D eigenvalue weighted by molar-refractivity contribution is 6.43. The third-order valence-electron chi connectivity index (χ3n) is 1.89. The molecule has 3 nitrogen and oxygen atoms in total. The molecule has 0 fully saturated rings. The third kappa shape index (κ3) is 2.21. The molecular weight excluding hydrogens is 225 g/mol. The predicted molar refractivity (Wildman–Crippen MR) is 48.1 cm³/mol. The van der Waals surface area contributed by atoms with Gasteiger partial charge in [-0.2, -0.15) is 13.2 Å². The first-order valence-electron chi connectivity index (χ1n) is 4.19. The van der Waals surface area contributed by atoms with Crippen molar-refractivity contribution in [2.45, 2.75) is 13.1 Å². The van der Waals surface area contributed by atoms with Gasteiger partial charge in [-0.25, -0.2) is 0 Å². The highest BCUT2D eigenvalue weighted by Gasteiger charge is 2.37. The number of Topliss-reactive ketones (excluding diaryl/α,β-unsaturated/α-hetero) is 2. The van der Waals surface area contributed by atoms with E-state index in [9.17, 15) is 27.9 Å². The summed E-state index contributed by atoms with van der Waals surface area (Å²) in [4.78, 5) is 22.0. The number of phenolic OH excluding ortho intramolecular Hbond substituents is 1. The van der Waals surface area contributed by atoms with Gasteiger partial charge in [-0.3, -0.25) is 9.59 Å². The maximum Gasteiger partial charge on any atom is 0.417 e. The Labute approximate surface area is 88.5 Å². The molecule has 16 heavy (non-hydrogen) atoms. The molecule has 6 heteroatoms. The van der Waals surface area contributed by atoms with Crippen LogP contribution in [0.3, 0.4) is 0 Å². The van der Waals surface area contributed by atoms with Crippen molar-refractivity contribution < 1.29 is 27.9 Å². The number of carbonyl (C=O) groups is 2. The van der Waals surface area contributed by atoms with Crippen LogP contribution < -0.4 is 0 Å². The quantitative estimate of drug-likeness (QED) is 0.628. The third-order valence-corrected chi connectivity index (χ3v) is 1.89. The number of aromatic hydroxyl groups is 1. The minimum Gasteiger partial charge on any atom is -0.507 e. The molecule has 0 saturated heterocycles. The van der Waals surface area contributed by atoms with E-state index in [1.807, 2.05) is 0 Å². The lowest BCUT2D eigenvalue weighted by molar-refractivity contribution is -0.138. The van der Waals surface area contributed by atoms with E-state index in [0.29, 0.717) is 6.07 Å². The van der Waals surface area contributed by atoms with Crippen molar-refractivity contribution in [2.24, 2.45) is 0 Å². The Morgan fingerprint density at radius 3 is 2.25 bits per heavy atom. The Morgan fingerprint density at radius 2 is 1.81 bits per heavy atom. The predicted octanol–water partition coefficient (Wildman–Crippen LogP) is 2.18. The van der Waals surface area contributed by atoms with Crippen molar-refractivity contribution in [2.75, 3.05) is 0 Å². The van der Waals surface area contributed by atoms with Gasteiger partial charge in [0.15, 0.2) is 5.78 Å². The van der Waals surface area contributed by atoms with Crippen molar-refractivity contribution in [3.8, 4) is 5.75 Å². The Hall–Kier alpha value is -1.85. The fraction of sp³-hybridized carbons (Fsp3) is 0.200. The molecule has 1 aromatic rings. The molecule has 0 aliphatic carbocycles. The highest BCUT2D eigenvalue weighted by atomic mass is 19.4. The van der Waals surface area contributed by atoms with Gasteiger partial charge < -0.3 is 5.11 Å². The number of rotatable bonds is 2. The molecule has 1 rings (SSSR count). The van der Waals surface area contributed by atoms with Crippen LogP contribution in [0.2, 0.25) is 0 Å². The average Bonchev–Trinajstić information content (AvgIpc) is 2.14. The number of phenols is 1. The van der Waals surface area contributed by atoms with E-state index < -0.39 is 34.6 Å². The van der Waals surface area contributed by atoms with E-state index in [4.69, 9.17) is 0 Å². The number of halogens is 3. The topological polar surface area (TPSA) is 54.4 Å². The normalized spacial score (nSPS) is 11.2. The number of hydrogen-bond donors (Lipinski definition) is 1. The van der Waals surface area contributed by atoms with Crippen LogP contribution in [0.4, 0.5) is 13.2 Å². The van der Waals surface area contributed by atoms with Gasteiger partial charge in [0.2, 0.25) is 5.78 Å². The van der Waals surface area contributed by atoms with Gasteiger partial charge in [0, 0.05) is 6.92 Å². The zero-order valence-electron chi connectivity index (χ0n) is 8.13. The van der Waals surface area contributed by atoms with Crippen LogP contribution in [-0.2, 0) is 11.0 Å². The molecule has 0 aliphatic rings. The standard InChI is InChI=1S/C10H7F3O3/c1-5(14)9(16)8-6(10(11,12)13)3-2-4-7(8)15/h2-4,15H,1H3. The monoisotopic (exact) mass is 232 g/mol. The minimum absolute atomic E-state index is 0.635. The van der Waals surface area contributed by atoms with Crippen molar-refractivity contribution >= 4 is 11.6 Å². The summed E-state index contributed by atoms with van der Waals surface area (Å²) in [5.74, 6) is -3.27. The van der Waals surface area contributed by atoms with E-state index in [0.717, 1.165) is 19.1 Å². The van der Waals surface area contributed by atoms with Crippen LogP contribution in [-0.4, -0.2) is 16.7 Å². The van der Waals surface area contributed by atoms with Gasteiger partial charge >= 0.3 is 6.18 Å². The molecule has 0 heterocycles. The van der Waals surface area contributed by atoms with E-state index in [-0.39, 0.29) is 0 Å². The molecule has 0 bridgehead atoms. The summed E-state index contributed by atoms with van der Waals surface area (Å²) >= 11 is 0. The lowest BCUT2D eigenvalue weighted by Gasteiger charge is -2.11. The van der Waals surface area contributed by atoms with Crippen LogP contribution in [0.5, 0.6) is 5.75 Å². The van der Waals surface area contributed by atoms with Crippen LogP contribution >= 0.6 is 0 Å². The molecule has 86 valence electrons. The van der Waals surface area contributed by atoms with Crippen LogP contribution in [0.1, 0.15) is 22.8 Å². The van der Waals surface area contributed by atoms with Gasteiger partial charge in [0.1, 0.15) is 5.75 Å². The molecule has 0 unspecified atom stereocenters. The van der Waals surface area contributed by atoms with Crippen LogP contribution in [0, 0.1) is 0 Å². The van der Waals surface area contributed by atoms with Gasteiger partial charge in [0.05, 0.1) is 11.1 Å². The highest BCUT2D eigenvalue weighted by Crippen LogP contribution is 2.35. The smallest absolute Gasteiger partial charge is 0.417 e. The summed E-state index contributed by atoms with van der Waals surface area (Å²) in [7, 11) is 0. The lowest BCUT2D eigenvalue weighted by atomic mass is 10.00. The number of alkyl halides is 3. The van der Waals surface area contributed by atoms with Gasteiger partial charge in [0.25, 0.3) is 0 Å². The van der Waals surface area contributed by atoms with E-state index >= 15 is 0 Å². The first-order valence-corrected chi connectivity index (χ1v) is 4.19. The second-order valence-corrected chi connectivity index (χ2v) is 3.08. The molecule has 1 N–H and O–H groups in total. The maximum absolute atomic E-state index is 12.5. The fourth-order valence-corrected chi connectivity index (χ4v) is 1.19. The lowest BCUT2D eigenvalue weighted by Crippen LogP contribution is -2.17. The molecule has 0 amide bonds. The summed E-state index contributed by atoms with van der Waals surface area (Å²) < 4.78 is 37.4. The largest absolute Gasteiger partial charge is 0.507 e. The van der Waals surface area contributed by atoms with Crippen LogP contribution in [0.25, 0.3) is 0 Å². The van der Waals surface area contributed by atoms with E-state index in [1.165, 1.54) is 0 Å². The Bertz CT molecular complexity index is 449. The molecule has 0 spiro atoms. The maximum atomic E-state index is 12.5. The zero-order valence-corrected chi connectivity index (χ0v) is 8.13. The van der Waals surface area contributed by atoms with Crippen molar-refractivity contribution in [1.29, 1.82) is 0 Å². The first kappa shape index (κ1) is 12.2. The Balaban J connectivity index is 3.47. The number of benzene rings is 1. The van der Waals surface area contributed by atoms with E-state index in [1.54, 1.807) is 0 Å². The molecule has 0 aromatic heterocycles. The molecule has 0 radical (unpaired) electrons. The minimum atomic E-state index is -4.79. The summed E-state index contributed by atoms with van der Waals surface area (Å²) in [6.45, 7) is 0.842. The zero-order chi connectivity index (χ0) is 12.5. The molecule has 0 atom stereocenters. The van der Waals surface area contributed by atoms with Crippen molar-refractivity contribution in [1.82, 2.24) is 0 Å². The van der Waals surface area contributed by atoms with Crippen LogP contribution in [0.15, 0.2) is 18.2 Å². The summed E-state index contributed by atoms with van der Waals surface area (Å²) in [5.41, 5.74) is -2.31. The summed E-state index contributed by atoms with van der Waals surface area (Å²) in [5, 5.41) is 9.20. The van der Waals surface area contributed by atoms with E-state index in [2.05, 4.69) is 0 Å². The van der Waals surface area contributed by atoms with Gasteiger partial charge in [-0.1, -0.05) is 6.07 Å². The SMILES string of the molecule is CC(=O)C(=O)c1c(O)cccc1C(F)(F)F. The van der Waals surface area contributed by atoms with Gasteiger partial charge in [-0.05, 0) is 12.1 Å². The fourth-order valence-electron chi connectivity index (χ4n) is 1.19. The average molecular weight is 232 g/mol. The second-order valence-electron chi connectivity index (χ2n) is 3.08. The Kier molecular flexibility index (Phi) is 3.02. The molecule has 0 aliphatic heterocycles. The summed E-state index contributed by atoms with van der Waals surface area (Å²) in [6.07, 6.45) is -4.79. The molecule has 1 aromatic carbocycles. The number of ketones is 2. The number of carbonyl (C=O) groups excluding carboxylic acids is 2. The molecule has 0 saturated carbocycles. The molecular formula is C10H7F3O3. The Morgan fingerprint density at radius 1 is 1.25 bits per heavy atom.